The van der Waals surface area contributed by atoms with E-state index in [1.807, 2.05) is 0 Å². The first-order chi connectivity index (χ1) is 9.16. The number of hydrogen-bond acceptors (Lipinski definition) is 3. The van der Waals surface area contributed by atoms with Gasteiger partial charge in [-0.3, -0.25) is 9.78 Å². The van der Waals surface area contributed by atoms with Crippen molar-refractivity contribution in [3.05, 3.63) is 58.9 Å². The second kappa shape index (κ2) is 4.20. The van der Waals surface area contributed by atoms with Crippen LogP contribution in [0.4, 0.5) is 10.1 Å². The first kappa shape index (κ1) is 11.4. The van der Waals surface area contributed by atoms with E-state index < -0.39 is 5.82 Å². The molecule has 0 amide bonds. The van der Waals surface area contributed by atoms with Gasteiger partial charge in [0.2, 0.25) is 0 Å². The number of halogens is 1. The minimum absolute atomic E-state index is 0.247. The van der Waals surface area contributed by atoms with Crippen molar-refractivity contribution in [2.45, 2.75) is 0 Å². The Labute approximate surface area is 107 Å². The summed E-state index contributed by atoms with van der Waals surface area (Å²) in [6, 6.07) is 7.75. The summed E-state index contributed by atoms with van der Waals surface area (Å²) in [5.41, 5.74) is 6.99. The second-order valence-corrected chi connectivity index (χ2v) is 4.17. The topological polar surface area (TPSA) is 71.8 Å². The number of aromatic nitrogens is 2. The molecular formula is C14H10FN3O. The Kier molecular flexibility index (Phi) is 2.52. The van der Waals surface area contributed by atoms with Gasteiger partial charge >= 0.3 is 0 Å². The van der Waals surface area contributed by atoms with Gasteiger partial charge in [-0.25, -0.2) is 4.39 Å². The number of aromatic amines is 1. The lowest BCUT2D eigenvalue weighted by molar-refractivity contribution is 0.632. The van der Waals surface area contributed by atoms with E-state index in [0.29, 0.717) is 27.7 Å². The van der Waals surface area contributed by atoms with E-state index in [1.54, 1.807) is 30.5 Å². The van der Waals surface area contributed by atoms with Crippen LogP contribution < -0.4 is 11.3 Å². The number of benzene rings is 1. The highest BCUT2D eigenvalue weighted by Gasteiger charge is 2.11. The zero-order valence-electron chi connectivity index (χ0n) is 9.85. The van der Waals surface area contributed by atoms with Gasteiger partial charge in [0.05, 0.1) is 10.9 Å². The maximum absolute atomic E-state index is 14.0. The molecule has 0 atom stereocenters. The molecule has 3 aromatic rings. The van der Waals surface area contributed by atoms with E-state index >= 15 is 0 Å². The second-order valence-electron chi connectivity index (χ2n) is 4.17. The third-order valence-electron chi connectivity index (χ3n) is 2.94. The average Bonchev–Trinajstić information content (AvgIpc) is 2.41. The molecular weight excluding hydrogens is 245 g/mol. The molecule has 2 heterocycles. The van der Waals surface area contributed by atoms with Crippen LogP contribution in [-0.2, 0) is 0 Å². The summed E-state index contributed by atoms with van der Waals surface area (Å²) in [5.74, 6) is -0.445. The zero-order chi connectivity index (χ0) is 13.4. The van der Waals surface area contributed by atoms with Gasteiger partial charge in [0, 0.05) is 29.2 Å². The summed E-state index contributed by atoms with van der Waals surface area (Å²) >= 11 is 0. The third-order valence-corrected chi connectivity index (χ3v) is 2.94. The SMILES string of the molecule is Nc1ccc(-c2c[nH]c(=O)c3cccnc23)c(F)c1. The van der Waals surface area contributed by atoms with Crippen LogP contribution in [-0.4, -0.2) is 9.97 Å². The highest BCUT2D eigenvalue weighted by atomic mass is 19.1. The van der Waals surface area contributed by atoms with Gasteiger partial charge in [0.15, 0.2) is 0 Å². The van der Waals surface area contributed by atoms with Crippen LogP contribution in [0.2, 0.25) is 0 Å². The van der Waals surface area contributed by atoms with Crippen molar-refractivity contribution in [1.82, 2.24) is 9.97 Å². The molecule has 4 nitrogen and oxygen atoms in total. The fourth-order valence-electron chi connectivity index (χ4n) is 2.04. The molecule has 0 fully saturated rings. The number of anilines is 1. The summed E-state index contributed by atoms with van der Waals surface area (Å²) in [6.45, 7) is 0. The van der Waals surface area contributed by atoms with Crippen LogP contribution in [0.1, 0.15) is 0 Å². The average molecular weight is 255 g/mol. The van der Waals surface area contributed by atoms with Crippen LogP contribution >= 0.6 is 0 Å². The Balaban J connectivity index is 2.37. The molecule has 1 aromatic carbocycles. The van der Waals surface area contributed by atoms with Gasteiger partial charge in [-0.2, -0.15) is 0 Å². The van der Waals surface area contributed by atoms with Gasteiger partial charge in [-0.1, -0.05) is 0 Å². The minimum Gasteiger partial charge on any atom is -0.399 e. The largest absolute Gasteiger partial charge is 0.399 e. The minimum atomic E-state index is -0.445. The zero-order valence-corrected chi connectivity index (χ0v) is 9.85. The Morgan fingerprint density at radius 1 is 1.21 bits per heavy atom. The molecule has 3 rings (SSSR count). The quantitative estimate of drug-likeness (QED) is 0.655. The maximum atomic E-state index is 14.0. The predicted octanol–water partition coefficient (Wildman–Crippen LogP) is 2.31. The maximum Gasteiger partial charge on any atom is 0.257 e. The number of nitrogens with zero attached hydrogens (tertiary/aromatic N) is 1. The monoisotopic (exact) mass is 255 g/mol. The number of nitrogens with two attached hydrogens (primary N) is 1. The van der Waals surface area contributed by atoms with Gasteiger partial charge < -0.3 is 10.7 Å². The van der Waals surface area contributed by atoms with Crippen LogP contribution in [0.25, 0.3) is 22.0 Å². The highest BCUT2D eigenvalue weighted by Crippen LogP contribution is 2.27. The summed E-state index contributed by atoms with van der Waals surface area (Å²) in [5, 5.41) is 0.427. The molecule has 0 saturated heterocycles. The Bertz CT molecular complexity index is 826. The number of nitrogen functional groups attached to an aromatic ring is 1. The molecule has 0 aliphatic rings. The van der Waals surface area contributed by atoms with Crippen molar-refractivity contribution in [3.63, 3.8) is 0 Å². The molecule has 0 saturated carbocycles. The predicted molar refractivity (Wildman–Crippen MR) is 72.2 cm³/mol. The van der Waals surface area contributed by atoms with E-state index in [0.717, 1.165) is 0 Å². The van der Waals surface area contributed by atoms with Crippen LogP contribution in [0, 0.1) is 5.82 Å². The highest BCUT2D eigenvalue weighted by molar-refractivity contribution is 5.92. The number of hydrogen-bond donors (Lipinski definition) is 2. The number of fused-ring (bicyclic) bond motifs is 1. The molecule has 0 spiro atoms. The molecule has 2 aromatic heterocycles. The first-order valence-corrected chi connectivity index (χ1v) is 5.68. The molecule has 94 valence electrons. The number of H-pyrrole nitrogens is 1. The number of rotatable bonds is 1. The van der Waals surface area contributed by atoms with Gasteiger partial charge in [0.1, 0.15) is 5.82 Å². The molecule has 0 unspecified atom stereocenters. The lowest BCUT2D eigenvalue weighted by Crippen LogP contribution is -2.07. The van der Waals surface area contributed by atoms with Crippen molar-refractivity contribution in [2.75, 3.05) is 5.73 Å². The van der Waals surface area contributed by atoms with E-state index in [1.165, 1.54) is 12.3 Å². The summed E-state index contributed by atoms with van der Waals surface area (Å²) in [6.07, 6.45) is 3.03. The molecule has 3 N–H and O–H groups in total. The molecule has 0 bridgehead atoms. The first-order valence-electron chi connectivity index (χ1n) is 5.68. The molecule has 19 heavy (non-hydrogen) atoms. The molecule has 0 aliphatic carbocycles. The Morgan fingerprint density at radius 2 is 2.05 bits per heavy atom. The van der Waals surface area contributed by atoms with Crippen LogP contribution in [0.3, 0.4) is 0 Å². The number of pyridine rings is 2. The van der Waals surface area contributed by atoms with E-state index in [-0.39, 0.29) is 5.56 Å². The van der Waals surface area contributed by atoms with Crippen LogP contribution in [0.15, 0.2) is 47.5 Å². The lowest BCUT2D eigenvalue weighted by Gasteiger charge is -2.07. The molecule has 0 radical (unpaired) electrons. The normalized spacial score (nSPS) is 10.8. The van der Waals surface area contributed by atoms with Crippen molar-refractivity contribution >= 4 is 16.6 Å². The summed E-state index contributed by atoms with van der Waals surface area (Å²) in [7, 11) is 0. The lowest BCUT2D eigenvalue weighted by atomic mass is 10.0. The van der Waals surface area contributed by atoms with Crippen molar-refractivity contribution in [1.29, 1.82) is 0 Å². The van der Waals surface area contributed by atoms with E-state index in [2.05, 4.69) is 9.97 Å². The van der Waals surface area contributed by atoms with Gasteiger partial charge in [-0.05, 0) is 30.3 Å². The van der Waals surface area contributed by atoms with E-state index in [9.17, 15) is 9.18 Å². The van der Waals surface area contributed by atoms with E-state index in [4.69, 9.17) is 5.73 Å². The Morgan fingerprint density at radius 3 is 2.84 bits per heavy atom. The van der Waals surface area contributed by atoms with Crippen molar-refractivity contribution < 1.29 is 4.39 Å². The Hall–Kier alpha value is -2.69. The standard InChI is InChI=1S/C14H10FN3O/c15-12-6-8(16)3-4-9(12)11-7-18-14(19)10-2-1-5-17-13(10)11/h1-7H,16H2,(H,18,19). The fraction of sp³-hybridized carbons (Fsp3) is 0. The third kappa shape index (κ3) is 1.85. The molecule has 0 aliphatic heterocycles. The van der Waals surface area contributed by atoms with Gasteiger partial charge in [-0.15, -0.1) is 0 Å². The van der Waals surface area contributed by atoms with Gasteiger partial charge in [0.25, 0.3) is 5.56 Å². The van der Waals surface area contributed by atoms with Crippen molar-refractivity contribution in [3.8, 4) is 11.1 Å². The summed E-state index contributed by atoms with van der Waals surface area (Å²) < 4.78 is 14.0. The number of nitrogens with one attached hydrogen (secondary N) is 1. The fourth-order valence-corrected chi connectivity index (χ4v) is 2.04. The smallest absolute Gasteiger partial charge is 0.257 e. The van der Waals surface area contributed by atoms with Crippen molar-refractivity contribution in [2.24, 2.45) is 0 Å². The molecule has 5 heteroatoms. The van der Waals surface area contributed by atoms with Crippen LogP contribution in [0.5, 0.6) is 0 Å². The summed E-state index contributed by atoms with van der Waals surface area (Å²) in [4.78, 5) is 18.4.